The molecule has 1 aliphatic rings. The first-order valence-corrected chi connectivity index (χ1v) is 14.4. The number of carbonyl (C=O) groups excluding carboxylic acids is 2. The van der Waals surface area contributed by atoms with Gasteiger partial charge in [-0.25, -0.2) is 9.67 Å². The summed E-state index contributed by atoms with van der Waals surface area (Å²) < 4.78 is 6.51. The zero-order valence-corrected chi connectivity index (χ0v) is 25.3. The molecule has 0 atom stereocenters. The van der Waals surface area contributed by atoms with E-state index in [4.69, 9.17) is 4.74 Å². The standard InChI is InChI=1S/C33H36N6O5/c1-33(2,3)23-11-8-21(9-12-23)30(41)36-26-7-5-6-24(25(26)20-40)27-18-28(32(43)38(4)37-27)35-29-13-10-22(19-34-29)31(42)39-14-16-44-17-15-39/h5-13,18-19,40H,14-17,20H2,1-4H3,(H,34,35)(H,36,41). The Hall–Kier alpha value is -4.87. The summed E-state index contributed by atoms with van der Waals surface area (Å²) in [5.74, 6) is -0.0618. The summed E-state index contributed by atoms with van der Waals surface area (Å²) in [7, 11) is 1.53. The van der Waals surface area contributed by atoms with Crippen LogP contribution in [0.15, 0.2) is 71.7 Å². The summed E-state index contributed by atoms with van der Waals surface area (Å²) >= 11 is 0. The highest BCUT2D eigenvalue weighted by atomic mass is 16.5. The fourth-order valence-corrected chi connectivity index (χ4v) is 4.94. The predicted molar refractivity (Wildman–Crippen MR) is 168 cm³/mol. The number of aliphatic hydroxyl groups excluding tert-OH is 1. The van der Waals surface area contributed by atoms with Gasteiger partial charge in [-0.2, -0.15) is 5.10 Å². The van der Waals surface area contributed by atoms with E-state index < -0.39 is 5.56 Å². The molecule has 5 rings (SSSR count). The molecular formula is C33H36N6O5. The number of benzene rings is 2. The lowest BCUT2D eigenvalue weighted by Crippen LogP contribution is -2.40. The van der Waals surface area contributed by atoms with Crippen LogP contribution in [0.25, 0.3) is 11.3 Å². The number of nitrogens with one attached hydrogen (secondary N) is 2. The number of pyridine rings is 1. The van der Waals surface area contributed by atoms with Gasteiger partial charge in [-0.15, -0.1) is 0 Å². The number of anilines is 3. The minimum absolute atomic E-state index is 0.0362. The van der Waals surface area contributed by atoms with E-state index in [0.29, 0.717) is 65.8 Å². The molecule has 11 nitrogen and oxygen atoms in total. The SMILES string of the molecule is Cn1nc(-c2cccc(NC(=O)c3ccc(C(C)(C)C)cc3)c2CO)cc(Nc2ccc(C(=O)N3CCOCC3)cn2)c1=O. The van der Waals surface area contributed by atoms with Crippen LogP contribution >= 0.6 is 0 Å². The summed E-state index contributed by atoms with van der Waals surface area (Å²) in [4.78, 5) is 44.9. The number of aryl methyl sites for hydroxylation is 1. The first-order valence-electron chi connectivity index (χ1n) is 14.4. The van der Waals surface area contributed by atoms with E-state index in [-0.39, 0.29) is 29.5 Å². The van der Waals surface area contributed by atoms with Crippen molar-refractivity contribution in [1.29, 1.82) is 0 Å². The second kappa shape index (κ2) is 12.8. The Morgan fingerprint density at radius 3 is 2.32 bits per heavy atom. The Labute approximate surface area is 255 Å². The topological polar surface area (TPSA) is 139 Å². The maximum absolute atomic E-state index is 13.1. The molecule has 2 aromatic heterocycles. The van der Waals surface area contributed by atoms with E-state index in [2.05, 4.69) is 41.5 Å². The zero-order valence-electron chi connectivity index (χ0n) is 25.3. The van der Waals surface area contributed by atoms with E-state index >= 15 is 0 Å². The number of carbonyl (C=O) groups is 2. The lowest BCUT2D eigenvalue weighted by atomic mass is 9.86. The number of aliphatic hydroxyl groups is 1. The Kier molecular flexibility index (Phi) is 8.88. The molecular weight excluding hydrogens is 560 g/mol. The van der Waals surface area contributed by atoms with Gasteiger partial charge in [0.2, 0.25) is 0 Å². The normalized spacial score (nSPS) is 13.4. The fraction of sp³-hybridized carbons (Fsp3) is 0.303. The van der Waals surface area contributed by atoms with Crippen molar-refractivity contribution in [2.24, 2.45) is 7.05 Å². The second-order valence-corrected chi connectivity index (χ2v) is 11.6. The molecule has 0 aliphatic carbocycles. The Bertz CT molecular complexity index is 1720. The van der Waals surface area contributed by atoms with Gasteiger partial charge >= 0.3 is 0 Å². The van der Waals surface area contributed by atoms with E-state index in [0.717, 1.165) is 5.56 Å². The number of amides is 2. The Morgan fingerprint density at radius 2 is 1.68 bits per heavy atom. The molecule has 228 valence electrons. The lowest BCUT2D eigenvalue weighted by molar-refractivity contribution is 0.0302. The van der Waals surface area contributed by atoms with Crippen LogP contribution in [0.1, 0.15) is 52.6 Å². The molecule has 1 aliphatic heterocycles. The van der Waals surface area contributed by atoms with Crippen molar-refractivity contribution in [3.8, 4) is 11.3 Å². The van der Waals surface area contributed by atoms with Crippen molar-refractivity contribution < 1.29 is 19.4 Å². The van der Waals surface area contributed by atoms with Gasteiger partial charge in [0, 0.05) is 48.7 Å². The molecule has 11 heteroatoms. The second-order valence-electron chi connectivity index (χ2n) is 11.6. The molecule has 4 aromatic rings. The molecule has 2 aromatic carbocycles. The van der Waals surface area contributed by atoms with Gasteiger partial charge in [0.25, 0.3) is 17.4 Å². The molecule has 0 bridgehead atoms. The van der Waals surface area contributed by atoms with Crippen LogP contribution in [-0.2, 0) is 23.8 Å². The van der Waals surface area contributed by atoms with Crippen molar-refractivity contribution in [1.82, 2.24) is 19.7 Å². The molecule has 1 fully saturated rings. The van der Waals surface area contributed by atoms with Crippen molar-refractivity contribution >= 4 is 29.0 Å². The van der Waals surface area contributed by atoms with Gasteiger partial charge in [0.15, 0.2) is 0 Å². The first-order chi connectivity index (χ1) is 21.0. The maximum Gasteiger partial charge on any atom is 0.290 e. The van der Waals surface area contributed by atoms with E-state index in [1.807, 2.05) is 12.1 Å². The molecule has 3 heterocycles. The van der Waals surface area contributed by atoms with Crippen molar-refractivity contribution in [2.45, 2.75) is 32.8 Å². The quantitative estimate of drug-likeness (QED) is 0.290. The fourth-order valence-electron chi connectivity index (χ4n) is 4.94. The lowest BCUT2D eigenvalue weighted by Gasteiger charge is -2.26. The number of ether oxygens (including phenoxy) is 1. The highest BCUT2D eigenvalue weighted by Gasteiger charge is 2.20. The highest BCUT2D eigenvalue weighted by molar-refractivity contribution is 6.05. The van der Waals surface area contributed by atoms with Crippen LogP contribution in [0.2, 0.25) is 0 Å². The Balaban J connectivity index is 1.38. The van der Waals surface area contributed by atoms with Gasteiger partial charge in [-0.1, -0.05) is 45.0 Å². The molecule has 0 spiro atoms. The van der Waals surface area contributed by atoms with Crippen LogP contribution < -0.4 is 16.2 Å². The van der Waals surface area contributed by atoms with Crippen LogP contribution in [0.3, 0.4) is 0 Å². The zero-order chi connectivity index (χ0) is 31.4. The van der Waals surface area contributed by atoms with E-state index in [1.54, 1.807) is 53.4 Å². The molecule has 0 unspecified atom stereocenters. The number of aromatic nitrogens is 3. The minimum Gasteiger partial charge on any atom is -0.392 e. The summed E-state index contributed by atoms with van der Waals surface area (Å²) in [6.45, 7) is 8.02. The third-order valence-corrected chi connectivity index (χ3v) is 7.51. The highest BCUT2D eigenvalue weighted by Crippen LogP contribution is 2.30. The summed E-state index contributed by atoms with van der Waals surface area (Å²) in [5.41, 5.74) is 3.66. The van der Waals surface area contributed by atoms with E-state index in [9.17, 15) is 19.5 Å². The summed E-state index contributed by atoms with van der Waals surface area (Å²) in [5, 5.41) is 20.7. The largest absolute Gasteiger partial charge is 0.392 e. The summed E-state index contributed by atoms with van der Waals surface area (Å²) in [6, 6.07) is 17.5. The monoisotopic (exact) mass is 596 g/mol. The maximum atomic E-state index is 13.1. The van der Waals surface area contributed by atoms with Gasteiger partial charge in [0.05, 0.1) is 31.1 Å². The van der Waals surface area contributed by atoms with E-state index in [1.165, 1.54) is 17.9 Å². The van der Waals surface area contributed by atoms with Crippen LogP contribution in [0.5, 0.6) is 0 Å². The van der Waals surface area contributed by atoms with Crippen LogP contribution in [0, 0.1) is 0 Å². The van der Waals surface area contributed by atoms with Crippen LogP contribution in [0.4, 0.5) is 17.2 Å². The third-order valence-electron chi connectivity index (χ3n) is 7.51. The Morgan fingerprint density at radius 1 is 0.977 bits per heavy atom. The average Bonchev–Trinajstić information content (AvgIpc) is 3.03. The number of hydrogen-bond donors (Lipinski definition) is 3. The number of rotatable bonds is 7. The minimum atomic E-state index is -0.391. The number of nitrogens with zero attached hydrogens (tertiary/aromatic N) is 4. The van der Waals surface area contributed by atoms with Crippen molar-refractivity contribution in [3.05, 3.63) is 99.5 Å². The van der Waals surface area contributed by atoms with Gasteiger partial charge < -0.3 is 25.4 Å². The number of hydrogen-bond acceptors (Lipinski definition) is 8. The molecule has 1 saturated heterocycles. The van der Waals surface area contributed by atoms with Gasteiger partial charge in [0.1, 0.15) is 11.5 Å². The van der Waals surface area contributed by atoms with Gasteiger partial charge in [-0.3, -0.25) is 14.4 Å². The molecule has 3 N–H and O–H groups in total. The molecule has 44 heavy (non-hydrogen) atoms. The molecule has 0 saturated carbocycles. The smallest absolute Gasteiger partial charge is 0.290 e. The third kappa shape index (κ3) is 6.69. The van der Waals surface area contributed by atoms with Crippen LogP contribution in [-0.4, -0.2) is 62.9 Å². The predicted octanol–water partition coefficient (Wildman–Crippen LogP) is 4.10. The number of morpholine rings is 1. The molecule has 2 amide bonds. The first kappa shape index (κ1) is 30.6. The van der Waals surface area contributed by atoms with Gasteiger partial charge in [-0.05, 0) is 47.4 Å². The average molecular weight is 597 g/mol. The molecule has 0 radical (unpaired) electrons. The summed E-state index contributed by atoms with van der Waals surface area (Å²) in [6.07, 6.45) is 1.47. The van der Waals surface area contributed by atoms with Crippen molar-refractivity contribution in [2.75, 3.05) is 36.9 Å². The van der Waals surface area contributed by atoms with Crippen molar-refractivity contribution in [3.63, 3.8) is 0 Å².